The number of methoxy groups -OCH3 is 10. The van der Waals surface area contributed by atoms with E-state index in [1.54, 1.807) is 71.1 Å². The van der Waals surface area contributed by atoms with E-state index in [-0.39, 0.29) is 0 Å². The van der Waals surface area contributed by atoms with Crippen LogP contribution in [0, 0.1) is 0 Å². The van der Waals surface area contributed by atoms with Gasteiger partial charge in [0, 0.05) is 87.7 Å². The van der Waals surface area contributed by atoms with Crippen molar-refractivity contribution >= 4 is 7.81 Å². The van der Waals surface area contributed by atoms with E-state index in [0.29, 0.717) is 32.1 Å². The fraction of sp³-hybridized carbons (Fsp3) is 0.455. The topological polar surface area (TPSA) is 109 Å². The molecule has 0 atom stereocenters. The van der Waals surface area contributed by atoms with Gasteiger partial charge in [0.15, 0.2) is 0 Å². The van der Waals surface area contributed by atoms with Crippen molar-refractivity contribution < 1.29 is 77.9 Å². The summed E-state index contributed by atoms with van der Waals surface area (Å²) >= 11 is 0. The number of rotatable bonds is 18. The summed E-state index contributed by atoms with van der Waals surface area (Å²) in [5, 5.41) is 2.39. The number of benzene rings is 5. The van der Waals surface area contributed by atoms with Gasteiger partial charge in [0.25, 0.3) is 0 Å². The van der Waals surface area contributed by atoms with Gasteiger partial charge in [-0.2, -0.15) is 0 Å². The molecule has 10 aliphatic rings. The Morgan fingerprint density at radius 2 is 0.479 bits per heavy atom. The maximum atomic E-state index is 9.87. The van der Waals surface area contributed by atoms with E-state index >= 15 is 0 Å². The first-order valence-corrected chi connectivity index (χ1v) is 26.2. The Morgan fingerprint density at radius 1 is 0.315 bits per heavy atom. The van der Waals surface area contributed by atoms with E-state index in [1.807, 2.05) is 60.7 Å². The Hall–Kier alpha value is -5.93. The standard InChI is InChI=1S/C45H50O10.C10H23N.F6P/c1-46-36-16-27-12-29-19-41(51-6)31(21-40(29)50-5)14-33-23-45(55-10)35(25-44(33)54-9)15-34-24-42(52-7)32(22-43(34)53-8)13-30-20-38(48-3)28(18-39(30)49-4)11-26(36)17-37(27)47-2;1-3-5-6-7-8-9-10-11-4-2;1-7(2,3,4,5)6/h16-25H,11-15H2,1-10H3;11H,3-10H2,1-2H3;/q;;-1/p+1. The molecule has 10 aliphatic carbocycles. The van der Waals surface area contributed by atoms with Crippen molar-refractivity contribution in [2.24, 2.45) is 0 Å². The molecule has 0 aromatic heterocycles. The van der Waals surface area contributed by atoms with Crippen LogP contribution in [0.1, 0.15) is 108 Å². The van der Waals surface area contributed by atoms with Gasteiger partial charge < -0.3 is 52.7 Å². The molecule has 0 aliphatic heterocycles. The summed E-state index contributed by atoms with van der Waals surface area (Å²) in [6.45, 7) is 7.07. The first kappa shape index (κ1) is 59.6. The second-order valence-corrected chi connectivity index (χ2v) is 19.4. The Labute approximate surface area is 426 Å². The van der Waals surface area contributed by atoms with Gasteiger partial charge in [-0.05, 0) is 80.4 Å². The van der Waals surface area contributed by atoms with Crippen molar-refractivity contribution in [1.82, 2.24) is 0 Å². The third-order valence-corrected chi connectivity index (χ3v) is 12.4. The fourth-order valence-electron chi connectivity index (χ4n) is 8.80. The second kappa shape index (κ2) is 26.3. The summed E-state index contributed by atoms with van der Waals surface area (Å²) < 4.78 is 119. The number of hydrogen-bond acceptors (Lipinski definition) is 10. The average Bonchev–Trinajstić information content (AvgIpc) is 3.36. The molecule has 0 heterocycles. The molecular weight excluding hydrogens is 980 g/mol. The third kappa shape index (κ3) is 18.2. The zero-order valence-electron chi connectivity index (χ0n) is 44.3. The molecule has 0 spiro atoms. The van der Waals surface area contributed by atoms with Crippen LogP contribution in [0.25, 0.3) is 0 Å². The Kier molecular flexibility index (Phi) is 21.5. The van der Waals surface area contributed by atoms with Crippen molar-refractivity contribution in [1.29, 1.82) is 0 Å². The number of unbranched alkanes of at least 4 members (excludes halogenated alkanes) is 5. The Bertz CT molecular complexity index is 2070. The predicted octanol–water partition coefficient (Wildman–Crippen LogP) is 13.4. The summed E-state index contributed by atoms with van der Waals surface area (Å²) in [6, 6.07) is 20.2. The third-order valence-electron chi connectivity index (χ3n) is 12.4. The van der Waals surface area contributed by atoms with Crippen LogP contribution >= 0.6 is 7.81 Å². The van der Waals surface area contributed by atoms with Gasteiger partial charge in [-0.3, -0.25) is 0 Å². The zero-order valence-corrected chi connectivity index (χ0v) is 45.2. The molecule has 406 valence electrons. The van der Waals surface area contributed by atoms with Gasteiger partial charge in [0.05, 0.1) is 84.2 Å². The minimum absolute atomic E-state index is 0.504. The van der Waals surface area contributed by atoms with Crippen LogP contribution in [0.2, 0.25) is 0 Å². The molecule has 0 fully saturated rings. The minimum atomic E-state index is -10.7. The molecule has 11 nitrogen and oxygen atoms in total. The zero-order chi connectivity index (χ0) is 54.0. The van der Waals surface area contributed by atoms with Crippen molar-refractivity contribution in [3.8, 4) is 57.5 Å². The summed E-state index contributed by atoms with van der Waals surface area (Å²) in [7, 11) is 6.09. The summed E-state index contributed by atoms with van der Waals surface area (Å²) in [5.41, 5.74) is 9.29. The molecule has 0 saturated heterocycles. The van der Waals surface area contributed by atoms with Crippen molar-refractivity contribution in [3.05, 3.63) is 116 Å². The van der Waals surface area contributed by atoms with Gasteiger partial charge in [0.1, 0.15) is 57.5 Å². The van der Waals surface area contributed by atoms with Crippen LogP contribution in [0.5, 0.6) is 57.5 Å². The molecule has 0 radical (unpaired) electrons. The van der Waals surface area contributed by atoms with E-state index in [2.05, 4.69) is 19.2 Å². The molecule has 0 saturated carbocycles. The first-order chi connectivity index (χ1) is 34.6. The average molecular weight is 1050 g/mol. The van der Waals surface area contributed by atoms with Crippen LogP contribution < -0.4 is 52.7 Å². The normalized spacial score (nSPS) is 13.0. The maximum absolute atomic E-state index is 10.7. The Balaban J connectivity index is 0.000000545. The van der Waals surface area contributed by atoms with Gasteiger partial charge >= 0.3 is 33.0 Å². The molecular formula is C55H74F6NO10P. The Morgan fingerprint density at radius 3 is 0.630 bits per heavy atom. The van der Waals surface area contributed by atoms with Gasteiger partial charge in [-0.1, -0.05) is 32.6 Å². The quantitative estimate of drug-likeness (QED) is 0.0508. The molecule has 2 N–H and O–H groups in total. The van der Waals surface area contributed by atoms with E-state index in [0.717, 1.165) is 113 Å². The number of ether oxygens (including phenoxy) is 10. The second-order valence-electron chi connectivity index (χ2n) is 17.5. The van der Waals surface area contributed by atoms with Gasteiger partial charge in [-0.25, -0.2) is 0 Å². The van der Waals surface area contributed by atoms with E-state index < -0.39 is 7.81 Å². The van der Waals surface area contributed by atoms with E-state index in [4.69, 9.17) is 47.4 Å². The van der Waals surface area contributed by atoms with Crippen LogP contribution in [0.3, 0.4) is 0 Å². The summed E-state index contributed by atoms with van der Waals surface area (Å²) in [5.74, 6) is 7.18. The van der Waals surface area contributed by atoms with Crippen LogP contribution in [0.4, 0.5) is 25.2 Å². The molecule has 15 rings (SSSR count). The van der Waals surface area contributed by atoms with Crippen LogP contribution in [0.15, 0.2) is 60.7 Å². The summed E-state index contributed by atoms with van der Waals surface area (Å²) in [6.07, 6.45) is 11.1. The molecule has 5 aromatic carbocycles. The van der Waals surface area contributed by atoms with E-state index in [1.165, 1.54) is 51.6 Å². The molecule has 10 bridgehead atoms. The predicted molar refractivity (Wildman–Crippen MR) is 276 cm³/mol. The van der Waals surface area contributed by atoms with Crippen molar-refractivity contribution in [3.63, 3.8) is 0 Å². The van der Waals surface area contributed by atoms with Crippen LogP contribution in [-0.4, -0.2) is 84.2 Å². The fourth-order valence-corrected chi connectivity index (χ4v) is 8.80. The molecule has 0 amide bonds. The van der Waals surface area contributed by atoms with Crippen molar-refractivity contribution in [2.75, 3.05) is 84.2 Å². The number of hydrogen-bond donors (Lipinski definition) is 1. The number of quaternary nitrogens is 1. The molecule has 5 aromatic rings. The molecule has 18 heteroatoms. The summed E-state index contributed by atoms with van der Waals surface area (Å²) in [4.78, 5) is 0. The van der Waals surface area contributed by atoms with Crippen molar-refractivity contribution in [2.45, 2.75) is 84.5 Å². The van der Waals surface area contributed by atoms with Crippen LogP contribution in [-0.2, 0) is 32.1 Å². The van der Waals surface area contributed by atoms with Gasteiger partial charge in [-0.15, -0.1) is 0 Å². The number of halogens is 6. The van der Waals surface area contributed by atoms with E-state index in [9.17, 15) is 25.2 Å². The molecule has 73 heavy (non-hydrogen) atoms. The molecule has 0 unspecified atom stereocenters. The SMILES string of the molecule is CCCCCCCC[NH2+]CC.COc1cc2c(OC)cc1Cc1cc(OC)c(cc1OC)Cc1cc(OC)c(cc1OC)Cc1cc(OC)c(cc1OC)Cc1cc(OC)c(cc1OC)C2.F[P-](F)(F)(F)(F)F. The van der Waals surface area contributed by atoms with Gasteiger partial charge in [0.2, 0.25) is 0 Å². The number of nitrogens with two attached hydrogens (primary N) is 1. The monoisotopic (exact) mass is 1050 g/mol. The first-order valence-electron chi connectivity index (χ1n) is 24.2.